The summed E-state index contributed by atoms with van der Waals surface area (Å²) in [7, 11) is 0. The molecule has 0 bridgehead atoms. The summed E-state index contributed by atoms with van der Waals surface area (Å²) in [6.45, 7) is 5.03. The van der Waals surface area contributed by atoms with Crippen LogP contribution in [0.4, 0.5) is 0 Å². The Kier molecular flexibility index (Phi) is 5.74. The van der Waals surface area contributed by atoms with Gasteiger partial charge in [-0.2, -0.15) is 5.10 Å². The van der Waals surface area contributed by atoms with Gasteiger partial charge in [0, 0.05) is 18.4 Å². The van der Waals surface area contributed by atoms with E-state index in [9.17, 15) is 0 Å². The molecule has 0 amide bonds. The molecule has 2 aromatic heterocycles. The average Bonchev–Trinajstić information content (AvgIpc) is 3.43. The van der Waals surface area contributed by atoms with Crippen molar-refractivity contribution in [2.24, 2.45) is 0 Å². The van der Waals surface area contributed by atoms with E-state index in [0.717, 1.165) is 60.6 Å². The van der Waals surface area contributed by atoms with Crippen LogP contribution in [0.5, 0.6) is 0 Å². The van der Waals surface area contributed by atoms with Crippen LogP contribution in [0.15, 0.2) is 48.5 Å². The number of hydrogen-bond acceptors (Lipinski definition) is 5. The van der Waals surface area contributed by atoms with E-state index in [2.05, 4.69) is 74.6 Å². The second-order valence-electron chi connectivity index (χ2n) is 7.05. The number of benzene rings is 2. The summed E-state index contributed by atoms with van der Waals surface area (Å²) in [6.07, 6.45) is 4.12. The number of unbranched alkanes of at least 4 members (excludes halogenated alkanes) is 1. The molecule has 0 saturated carbocycles. The quantitative estimate of drug-likeness (QED) is 0.492. The fourth-order valence-corrected chi connectivity index (χ4v) is 3.40. The van der Waals surface area contributed by atoms with Crippen molar-refractivity contribution in [3.05, 3.63) is 65.7 Å². The maximum absolute atomic E-state index is 4.70. The molecule has 0 spiro atoms. The molecule has 0 aliphatic carbocycles. The van der Waals surface area contributed by atoms with Gasteiger partial charge < -0.3 is 0 Å². The molecule has 4 rings (SSSR count). The van der Waals surface area contributed by atoms with Gasteiger partial charge in [0.25, 0.3) is 0 Å². The zero-order chi connectivity index (χ0) is 20.1. The third-order valence-electron chi connectivity index (χ3n) is 4.99. The second-order valence-corrected chi connectivity index (χ2v) is 7.05. The molecule has 0 saturated heterocycles. The largest absolute Gasteiger partial charge is 0.245 e. The number of tetrazole rings is 1. The third kappa shape index (κ3) is 4.23. The normalized spacial score (nSPS) is 11.1. The van der Waals surface area contributed by atoms with Crippen molar-refractivity contribution in [1.82, 2.24) is 35.4 Å². The van der Waals surface area contributed by atoms with Crippen molar-refractivity contribution >= 4 is 0 Å². The molecule has 1 N–H and O–H groups in total. The molecule has 2 heterocycles. The van der Waals surface area contributed by atoms with E-state index >= 15 is 0 Å². The Morgan fingerprint density at radius 1 is 0.966 bits per heavy atom. The van der Waals surface area contributed by atoms with Crippen molar-refractivity contribution < 1.29 is 0 Å². The minimum atomic E-state index is 0.667. The summed E-state index contributed by atoms with van der Waals surface area (Å²) < 4.78 is 2.05. The van der Waals surface area contributed by atoms with E-state index in [4.69, 9.17) is 4.98 Å². The van der Waals surface area contributed by atoms with Crippen molar-refractivity contribution in [2.75, 3.05) is 0 Å². The molecular formula is C22H25N7. The first kappa shape index (κ1) is 19.0. The molecule has 4 aromatic rings. The van der Waals surface area contributed by atoms with Crippen LogP contribution in [-0.4, -0.2) is 35.4 Å². The highest BCUT2D eigenvalue weighted by Crippen LogP contribution is 2.29. The highest BCUT2D eigenvalue weighted by Gasteiger charge is 2.11. The molecule has 148 valence electrons. The third-order valence-corrected chi connectivity index (χ3v) is 4.99. The number of nitrogens with one attached hydrogen (secondary N) is 1. The molecule has 0 unspecified atom stereocenters. The van der Waals surface area contributed by atoms with Crippen LogP contribution < -0.4 is 0 Å². The van der Waals surface area contributed by atoms with Gasteiger partial charge in [-0.05, 0) is 33.5 Å². The molecular weight excluding hydrogens is 362 g/mol. The topological polar surface area (TPSA) is 85.2 Å². The Labute approximate surface area is 170 Å². The smallest absolute Gasteiger partial charge is 0.180 e. The van der Waals surface area contributed by atoms with E-state index in [1.807, 2.05) is 18.2 Å². The molecule has 7 heteroatoms. The van der Waals surface area contributed by atoms with E-state index in [0.29, 0.717) is 5.82 Å². The fraction of sp³-hybridized carbons (Fsp3) is 0.318. The molecule has 0 radical (unpaired) electrons. The average molecular weight is 387 g/mol. The van der Waals surface area contributed by atoms with Gasteiger partial charge in [-0.3, -0.25) is 0 Å². The van der Waals surface area contributed by atoms with Gasteiger partial charge in [-0.25, -0.2) is 14.8 Å². The predicted octanol–water partition coefficient (Wildman–Crippen LogP) is 4.08. The van der Waals surface area contributed by atoms with E-state index in [1.54, 1.807) is 0 Å². The van der Waals surface area contributed by atoms with Crippen LogP contribution in [0.3, 0.4) is 0 Å². The number of rotatable bonds is 8. The van der Waals surface area contributed by atoms with Crippen molar-refractivity contribution in [2.45, 2.75) is 46.1 Å². The summed E-state index contributed by atoms with van der Waals surface area (Å²) in [4.78, 5) is 4.70. The highest BCUT2D eigenvalue weighted by atomic mass is 15.5. The fourth-order valence-electron chi connectivity index (χ4n) is 3.40. The Balaban J connectivity index is 1.58. The number of H-pyrrole nitrogens is 1. The number of nitrogens with zero attached hydrogens (tertiary/aromatic N) is 6. The molecule has 0 fully saturated rings. The first-order valence-corrected chi connectivity index (χ1v) is 10.1. The van der Waals surface area contributed by atoms with E-state index in [1.165, 1.54) is 5.56 Å². The minimum absolute atomic E-state index is 0.667. The lowest BCUT2D eigenvalue weighted by Gasteiger charge is -2.09. The summed E-state index contributed by atoms with van der Waals surface area (Å²) in [5, 5.41) is 19.0. The summed E-state index contributed by atoms with van der Waals surface area (Å²) >= 11 is 0. The van der Waals surface area contributed by atoms with Gasteiger partial charge >= 0.3 is 0 Å². The Hall–Kier alpha value is -3.35. The van der Waals surface area contributed by atoms with Crippen LogP contribution in [0.2, 0.25) is 0 Å². The second kappa shape index (κ2) is 8.77. The van der Waals surface area contributed by atoms with Gasteiger partial charge in [-0.1, -0.05) is 68.8 Å². The lowest BCUT2D eigenvalue weighted by Crippen LogP contribution is -2.07. The summed E-state index contributed by atoms with van der Waals surface area (Å²) in [6, 6.07) is 16.7. The number of aryl methyl sites for hydroxylation is 2. The number of aromatic amines is 1. The van der Waals surface area contributed by atoms with Crippen LogP contribution in [-0.2, 0) is 19.4 Å². The molecule has 0 aliphatic heterocycles. The molecule has 7 nitrogen and oxygen atoms in total. The monoisotopic (exact) mass is 387 g/mol. The summed E-state index contributed by atoms with van der Waals surface area (Å²) in [5.74, 6) is 2.67. The van der Waals surface area contributed by atoms with Crippen LogP contribution >= 0.6 is 0 Å². The first-order valence-electron chi connectivity index (χ1n) is 10.1. The maximum atomic E-state index is 4.70. The van der Waals surface area contributed by atoms with Gasteiger partial charge in [0.1, 0.15) is 5.82 Å². The van der Waals surface area contributed by atoms with Crippen molar-refractivity contribution in [3.8, 4) is 22.5 Å². The first-order chi connectivity index (χ1) is 14.3. The van der Waals surface area contributed by atoms with Crippen LogP contribution in [0, 0.1) is 0 Å². The summed E-state index contributed by atoms with van der Waals surface area (Å²) in [5.41, 5.74) is 4.41. The van der Waals surface area contributed by atoms with Crippen molar-refractivity contribution in [3.63, 3.8) is 0 Å². The van der Waals surface area contributed by atoms with Gasteiger partial charge in [-0.15, -0.1) is 5.10 Å². The standard InChI is InChI=1S/C22H25N7/c1-3-5-10-21-23-20(4-2)26-29(21)15-16-11-13-17(14-12-16)18-8-6-7-9-19(18)22-24-27-28-25-22/h6-9,11-14H,3-5,10,15H2,1-2H3,(H,24,25,27,28). The lowest BCUT2D eigenvalue weighted by atomic mass is 9.98. The Bertz CT molecular complexity index is 1050. The van der Waals surface area contributed by atoms with Crippen LogP contribution in [0.25, 0.3) is 22.5 Å². The van der Waals surface area contributed by atoms with E-state index in [-0.39, 0.29) is 0 Å². The maximum Gasteiger partial charge on any atom is 0.180 e. The van der Waals surface area contributed by atoms with E-state index < -0.39 is 0 Å². The lowest BCUT2D eigenvalue weighted by molar-refractivity contribution is 0.614. The van der Waals surface area contributed by atoms with Gasteiger partial charge in [0.05, 0.1) is 6.54 Å². The zero-order valence-corrected chi connectivity index (χ0v) is 16.8. The van der Waals surface area contributed by atoms with Gasteiger partial charge in [0.15, 0.2) is 11.6 Å². The zero-order valence-electron chi connectivity index (χ0n) is 16.8. The SMILES string of the molecule is CCCCc1nc(CC)nn1Cc1ccc(-c2ccccc2-c2nnn[nH]2)cc1. The Morgan fingerprint density at radius 2 is 1.76 bits per heavy atom. The number of hydrogen-bond donors (Lipinski definition) is 1. The molecule has 2 aromatic carbocycles. The highest BCUT2D eigenvalue weighted by molar-refractivity contribution is 5.80. The molecule has 0 aliphatic rings. The Morgan fingerprint density at radius 3 is 2.45 bits per heavy atom. The van der Waals surface area contributed by atoms with Gasteiger partial charge in [0.2, 0.25) is 0 Å². The van der Waals surface area contributed by atoms with Crippen molar-refractivity contribution in [1.29, 1.82) is 0 Å². The minimum Gasteiger partial charge on any atom is -0.245 e. The molecule has 0 atom stereocenters. The van der Waals surface area contributed by atoms with Crippen LogP contribution in [0.1, 0.15) is 43.9 Å². The molecule has 29 heavy (non-hydrogen) atoms. The predicted molar refractivity (Wildman–Crippen MR) is 112 cm³/mol. The number of aromatic nitrogens is 7.